The van der Waals surface area contributed by atoms with Gasteiger partial charge in [-0.25, -0.2) is 10.2 Å². The Balaban J connectivity index is 1.35. The van der Waals surface area contributed by atoms with Crippen molar-refractivity contribution in [1.29, 1.82) is 0 Å². The van der Waals surface area contributed by atoms with Gasteiger partial charge < -0.3 is 14.5 Å². The van der Waals surface area contributed by atoms with E-state index >= 15 is 0 Å². The second-order valence-electron chi connectivity index (χ2n) is 8.49. The van der Waals surface area contributed by atoms with Gasteiger partial charge in [-0.15, -0.1) is 0 Å². The van der Waals surface area contributed by atoms with Crippen molar-refractivity contribution < 1.29 is 19.1 Å². The Kier molecular flexibility index (Phi) is 7.70. The first-order chi connectivity index (χ1) is 19.0. The number of hydrazone groups is 1. The van der Waals surface area contributed by atoms with Gasteiger partial charge in [-0.1, -0.05) is 72.3 Å². The number of fused-ring (bicyclic) bond motifs is 1. The quantitative estimate of drug-likeness (QED) is 0.0977. The first kappa shape index (κ1) is 25.8. The van der Waals surface area contributed by atoms with Crippen LogP contribution in [0.15, 0.2) is 102 Å². The summed E-state index contributed by atoms with van der Waals surface area (Å²) in [5.74, 6) is -0.372. The van der Waals surface area contributed by atoms with Crippen LogP contribution in [0, 0.1) is 0 Å². The number of rotatable bonds is 8. The maximum absolute atomic E-state index is 13.2. The van der Waals surface area contributed by atoms with Gasteiger partial charge in [0.2, 0.25) is 0 Å². The van der Waals surface area contributed by atoms with Crippen molar-refractivity contribution >= 4 is 40.6 Å². The number of ether oxygens (including phenoxy) is 2. The zero-order valence-corrected chi connectivity index (χ0v) is 21.7. The van der Waals surface area contributed by atoms with Gasteiger partial charge in [-0.3, -0.25) is 4.79 Å². The second kappa shape index (κ2) is 11.7. The minimum atomic E-state index is -0.595. The van der Waals surface area contributed by atoms with Gasteiger partial charge in [0.05, 0.1) is 23.4 Å². The molecule has 0 bridgehead atoms. The number of nitrogens with one attached hydrogen (secondary N) is 2. The second-order valence-corrected chi connectivity index (χ2v) is 8.90. The number of aromatic nitrogens is 1. The molecule has 0 fully saturated rings. The summed E-state index contributed by atoms with van der Waals surface area (Å²) in [6.07, 6.45) is 1.49. The zero-order valence-electron chi connectivity index (χ0n) is 21.0. The average molecular weight is 538 g/mol. The molecular formula is C31H24ClN3O4. The molecule has 39 heavy (non-hydrogen) atoms. The van der Waals surface area contributed by atoms with E-state index in [1.165, 1.54) is 6.21 Å². The Morgan fingerprint density at radius 2 is 1.67 bits per heavy atom. The third-order valence-electron chi connectivity index (χ3n) is 5.94. The molecule has 0 aliphatic carbocycles. The van der Waals surface area contributed by atoms with Crippen LogP contribution in [0.3, 0.4) is 0 Å². The van der Waals surface area contributed by atoms with E-state index in [0.29, 0.717) is 28.6 Å². The van der Waals surface area contributed by atoms with Crippen LogP contribution in [0.2, 0.25) is 5.02 Å². The van der Waals surface area contributed by atoms with Crippen molar-refractivity contribution in [3.05, 3.63) is 119 Å². The van der Waals surface area contributed by atoms with Gasteiger partial charge in [0.25, 0.3) is 5.91 Å². The van der Waals surface area contributed by atoms with Crippen LogP contribution < -0.4 is 14.9 Å². The fourth-order valence-corrected chi connectivity index (χ4v) is 4.39. The molecule has 8 heteroatoms. The highest BCUT2D eigenvalue weighted by molar-refractivity contribution is 6.33. The molecule has 0 aliphatic heterocycles. The standard InChI is InChI=1S/C31H24ClN3O4/c1-2-38-27-18-20(16-17-26(27)39-31(37)22-12-6-8-14-24(22)32)19-33-35-30(36)29-28(21-10-4-3-5-11-21)23-13-7-9-15-25(23)34-29/h3-19,34H,2H2,1H3,(H,35,36). The number of benzene rings is 4. The fraction of sp³-hybridized carbons (Fsp3) is 0.0645. The molecule has 0 unspecified atom stereocenters. The lowest BCUT2D eigenvalue weighted by Crippen LogP contribution is -2.18. The maximum Gasteiger partial charge on any atom is 0.345 e. The molecule has 0 aliphatic rings. The summed E-state index contributed by atoms with van der Waals surface area (Å²) in [5.41, 5.74) is 6.49. The Labute approximate surface area is 230 Å². The molecule has 0 saturated carbocycles. The lowest BCUT2D eigenvalue weighted by Gasteiger charge is -2.12. The summed E-state index contributed by atoms with van der Waals surface area (Å²) in [7, 11) is 0. The van der Waals surface area contributed by atoms with E-state index in [4.69, 9.17) is 21.1 Å². The molecule has 0 atom stereocenters. The van der Waals surface area contributed by atoms with Crippen molar-refractivity contribution in [1.82, 2.24) is 10.4 Å². The SMILES string of the molecule is CCOc1cc(C=NNC(=O)c2[nH]c3ccccc3c2-c2ccccc2)ccc1OC(=O)c1ccccc1Cl. The normalized spacial score (nSPS) is 11.0. The van der Waals surface area contributed by atoms with Crippen LogP contribution in [0.25, 0.3) is 22.0 Å². The molecule has 0 saturated heterocycles. The topological polar surface area (TPSA) is 92.8 Å². The van der Waals surface area contributed by atoms with Crippen LogP contribution in [0.4, 0.5) is 0 Å². The van der Waals surface area contributed by atoms with Crippen LogP contribution in [0.5, 0.6) is 11.5 Å². The van der Waals surface area contributed by atoms with E-state index in [0.717, 1.165) is 22.0 Å². The molecule has 5 rings (SSSR count). The summed E-state index contributed by atoms with van der Waals surface area (Å²) in [6, 6.07) is 29.1. The number of nitrogens with zero attached hydrogens (tertiary/aromatic N) is 1. The van der Waals surface area contributed by atoms with E-state index in [1.54, 1.807) is 42.5 Å². The smallest absolute Gasteiger partial charge is 0.345 e. The van der Waals surface area contributed by atoms with E-state index in [9.17, 15) is 9.59 Å². The highest BCUT2D eigenvalue weighted by Gasteiger charge is 2.19. The van der Waals surface area contributed by atoms with Crippen LogP contribution >= 0.6 is 11.6 Å². The number of carbonyl (C=O) groups is 2. The number of halogens is 1. The van der Waals surface area contributed by atoms with Gasteiger partial charge in [-0.2, -0.15) is 5.10 Å². The van der Waals surface area contributed by atoms with Gasteiger partial charge in [0.15, 0.2) is 11.5 Å². The fourth-order valence-electron chi connectivity index (χ4n) is 4.18. The Morgan fingerprint density at radius 3 is 2.46 bits per heavy atom. The van der Waals surface area contributed by atoms with E-state index in [2.05, 4.69) is 15.5 Å². The molecule has 7 nitrogen and oxygen atoms in total. The predicted octanol–water partition coefficient (Wildman–Crippen LogP) is 6.87. The average Bonchev–Trinajstić information content (AvgIpc) is 3.35. The van der Waals surface area contributed by atoms with Crippen LogP contribution in [-0.2, 0) is 0 Å². The Morgan fingerprint density at radius 1 is 0.923 bits per heavy atom. The van der Waals surface area contributed by atoms with Gasteiger partial charge in [0.1, 0.15) is 5.69 Å². The summed E-state index contributed by atoms with van der Waals surface area (Å²) in [5, 5.41) is 5.39. The molecule has 4 aromatic carbocycles. The summed E-state index contributed by atoms with van der Waals surface area (Å²) >= 11 is 6.12. The minimum absolute atomic E-state index is 0.244. The van der Waals surface area contributed by atoms with Crippen molar-refractivity contribution in [2.75, 3.05) is 6.61 Å². The molecule has 0 spiro atoms. The van der Waals surface area contributed by atoms with E-state index < -0.39 is 5.97 Å². The predicted molar refractivity (Wildman–Crippen MR) is 153 cm³/mol. The number of amides is 1. The number of hydrogen-bond donors (Lipinski definition) is 2. The lowest BCUT2D eigenvalue weighted by molar-refractivity contribution is 0.0728. The number of para-hydroxylation sites is 1. The number of H-pyrrole nitrogens is 1. The minimum Gasteiger partial charge on any atom is -0.490 e. The number of hydrogen-bond acceptors (Lipinski definition) is 5. The molecular weight excluding hydrogens is 514 g/mol. The van der Waals surface area contributed by atoms with Crippen molar-refractivity contribution in [3.63, 3.8) is 0 Å². The van der Waals surface area contributed by atoms with Gasteiger partial charge >= 0.3 is 5.97 Å². The Bertz CT molecular complexity index is 1680. The highest BCUT2D eigenvalue weighted by Crippen LogP contribution is 2.33. The van der Waals surface area contributed by atoms with Crippen molar-refractivity contribution in [2.45, 2.75) is 6.92 Å². The van der Waals surface area contributed by atoms with Gasteiger partial charge in [0, 0.05) is 16.5 Å². The highest BCUT2D eigenvalue weighted by atomic mass is 35.5. The molecule has 1 heterocycles. The number of aromatic amines is 1. The lowest BCUT2D eigenvalue weighted by atomic mass is 10.0. The summed E-state index contributed by atoms with van der Waals surface area (Å²) < 4.78 is 11.2. The van der Waals surface area contributed by atoms with E-state index in [-0.39, 0.29) is 17.2 Å². The first-order valence-corrected chi connectivity index (χ1v) is 12.7. The van der Waals surface area contributed by atoms with Crippen molar-refractivity contribution in [3.8, 4) is 22.6 Å². The maximum atomic E-state index is 13.2. The summed E-state index contributed by atoms with van der Waals surface area (Å²) in [4.78, 5) is 29.0. The molecule has 5 aromatic rings. The van der Waals surface area contributed by atoms with Crippen molar-refractivity contribution in [2.24, 2.45) is 5.10 Å². The largest absolute Gasteiger partial charge is 0.490 e. The molecule has 2 N–H and O–H groups in total. The molecule has 194 valence electrons. The third kappa shape index (κ3) is 5.68. The van der Waals surface area contributed by atoms with E-state index in [1.807, 2.05) is 61.5 Å². The number of esters is 1. The Hall–Kier alpha value is -4.88. The molecule has 1 aromatic heterocycles. The van der Waals surface area contributed by atoms with Gasteiger partial charge in [-0.05, 0) is 54.4 Å². The molecule has 1 amide bonds. The van der Waals surface area contributed by atoms with Crippen LogP contribution in [-0.4, -0.2) is 29.7 Å². The monoisotopic (exact) mass is 537 g/mol. The number of carbonyl (C=O) groups excluding carboxylic acids is 2. The van der Waals surface area contributed by atoms with Crippen LogP contribution in [0.1, 0.15) is 33.3 Å². The third-order valence-corrected chi connectivity index (χ3v) is 6.27. The first-order valence-electron chi connectivity index (χ1n) is 12.3. The summed E-state index contributed by atoms with van der Waals surface area (Å²) in [6.45, 7) is 2.18. The zero-order chi connectivity index (χ0) is 27.2. The molecule has 0 radical (unpaired) electrons.